The van der Waals surface area contributed by atoms with Crippen molar-refractivity contribution < 1.29 is 0 Å². The molecule has 0 radical (unpaired) electrons. The molecule has 0 bridgehead atoms. The third kappa shape index (κ3) is 2.04. The highest BCUT2D eigenvalue weighted by atomic mass is 16.1. The number of rotatable bonds is 1. The zero-order valence-electron chi connectivity index (χ0n) is 11.5. The summed E-state index contributed by atoms with van der Waals surface area (Å²) in [7, 11) is 0. The van der Waals surface area contributed by atoms with E-state index < -0.39 is 0 Å². The van der Waals surface area contributed by atoms with Crippen LogP contribution < -0.4 is 5.56 Å². The molecule has 0 saturated heterocycles. The smallest absolute Gasteiger partial charge is 0.266 e. The summed E-state index contributed by atoms with van der Waals surface area (Å²) in [4.78, 5) is 15.0. The van der Waals surface area contributed by atoms with E-state index in [0.717, 1.165) is 48.1 Å². The Morgan fingerprint density at radius 2 is 1.75 bits per heavy atom. The Hall–Kier alpha value is -2.34. The van der Waals surface area contributed by atoms with Crippen molar-refractivity contribution in [1.29, 1.82) is 5.26 Å². The van der Waals surface area contributed by atoms with Crippen molar-refractivity contribution in [3.8, 4) is 17.3 Å². The zero-order chi connectivity index (χ0) is 14.1. The minimum absolute atomic E-state index is 0.260. The minimum atomic E-state index is -0.260. The molecular formula is C17H16N2O. The number of H-pyrrole nitrogens is 1. The molecule has 20 heavy (non-hydrogen) atoms. The first-order valence-corrected chi connectivity index (χ1v) is 6.96. The fraction of sp³-hybridized carbons (Fsp3) is 0.294. The van der Waals surface area contributed by atoms with E-state index >= 15 is 0 Å². The molecule has 0 aliphatic heterocycles. The van der Waals surface area contributed by atoms with E-state index in [0.29, 0.717) is 5.56 Å². The molecule has 0 saturated carbocycles. The molecule has 3 heteroatoms. The molecule has 1 aliphatic rings. The van der Waals surface area contributed by atoms with Crippen LogP contribution in [0.1, 0.15) is 35.1 Å². The summed E-state index contributed by atoms with van der Waals surface area (Å²) in [6, 6.07) is 10.2. The Morgan fingerprint density at radius 1 is 1.10 bits per heavy atom. The van der Waals surface area contributed by atoms with E-state index in [2.05, 4.69) is 11.1 Å². The molecule has 1 aromatic heterocycles. The second-order valence-electron chi connectivity index (χ2n) is 5.35. The molecular weight excluding hydrogens is 248 g/mol. The molecule has 100 valence electrons. The van der Waals surface area contributed by atoms with E-state index in [-0.39, 0.29) is 5.56 Å². The van der Waals surface area contributed by atoms with Gasteiger partial charge in [0.1, 0.15) is 11.6 Å². The molecule has 0 amide bonds. The number of aromatic amines is 1. The molecule has 1 N–H and O–H groups in total. The monoisotopic (exact) mass is 264 g/mol. The lowest BCUT2D eigenvalue weighted by atomic mass is 9.86. The van der Waals surface area contributed by atoms with Crippen LogP contribution in [0.25, 0.3) is 11.3 Å². The quantitative estimate of drug-likeness (QED) is 0.860. The summed E-state index contributed by atoms with van der Waals surface area (Å²) in [5.41, 5.74) is 5.26. The van der Waals surface area contributed by atoms with Crippen molar-refractivity contribution >= 4 is 0 Å². The SMILES string of the molecule is Cc1ccc(-c2[nH]c(=O)c(C#N)c3c2CCCC3)cc1. The Kier molecular flexibility index (Phi) is 3.15. The van der Waals surface area contributed by atoms with E-state index in [4.69, 9.17) is 0 Å². The molecule has 3 nitrogen and oxygen atoms in total. The van der Waals surface area contributed by atoms with Crippen LogP contribution in [0.4, 0.5) is 0 Å². The molecule has 0 spiro atoms. The fourth-order valence-corrected chi connectivity index (χ4v) is 2.93. The lowest BCUT2D eigenvalue weighted by Gasteiger charge is -2.20. The number of pyridine rings is 1. The van der Waals surface area contributed by atoms with Crippen LogP contribution in [0, 0.1) is 18.3 Å². The highest BCUT2D eigenvalue weighted by molar-refractivity contribution is 5.67. The van der Waals surface area contributed by atoms with Crippen molar-refractivity contribution in [3.63, 3.8) is 0 Å². The lowest BCUT2D eigenvalue weighted by Crippen LogP contribution is -2.20. The Balaban J connectivity index is 2.27. The van der Waals surface area contributed by atoms with Crippen LogP contribution in [-0.2, 0) is 12.8 Å². The van der Waals surface area contributed by atoms with Crippen molar-refractivity contribution in [2.75, 3.05) is 0 Å². The largest absolute Gasteiger partial charge is 0.321 e. The van der Waals surface area contributed by atoms with Crippen LogP contribution in [0.3, 0.4) is 0 Å². The minimum Gasteiger partial charge on any atom is -0.321 e. The number of nitriles is 1. The number of nitrogens with zero attached hydrogens (tertiary/aromatic N) is 1. The van der Waals surface area contributed by atoms with E-state index in [1.54, 1.807) is 0 Å². The average Bonchev–Trinajstić information content (AvgIpc) is 2.47. The van der Waals surface area contributed by atoms with E-state index in [1.807, 2.05) is 31.2 Å². The van der Waals surface area contributed by atoms with E-state index in [9.17, 15) is 10.1 Å². The number of hydrogen-bond donors (Lipinski definition) is 1. The Labute approximate surface area is 117 Å². The molecule has 0 unspecified atom stereocenters. The maximum atomic E-state index is 12.1. The van der Waals surface area contributed by atoms with Crippen molar-refractivity contribution in [2.45, 2.75) is 32.6 Å². The number of fused-ring (bicyclic) bond motifs is 1. The number of benzene rings is 1. The molecule has 2 aromatic rings. The van der Waals surface area contributed by atoms with Crippen molar-refractivity contribution in [1.82, 2.24) is 4.98 Å². The fourth-order valence-electron chi connectivity index (χ4n) is 2.93. The molecule has 1 aliphatic carbocycles. The second-order valence-corrected chi connectivity index (χ2v) is 5.35. The summed E-state index contributed by atoms with van der Waals surface area (Å²) in [6.45, 7) is 2.04. The topological polar surface area (TPSA) is 56.6 Å². The summed E-state index contributed by atoms with van der Waals surface area (Å²) in [6.07, 6.45) is 3.94. The molecule has 0 atom stereocenters. The van der Waals surface area contributed by atoms with Gasteiger partial charge in [-0.25, -0.2) is 0 Å². The van der Waals surface area contributed by atoms with Gasteiger partial charge < -0.3 is 4.98 Å². The number of hydrogen-bond acceptors (Lipinski definition) is 2. The highest BCUT2D eigenvalue weighted by Gasteiger charge is 2.20. The predicted octanol–water partition coefficient (Wildman–Crippen LogP) is 3.10. The standard InChI is InChI=1S/C17H16N2O/c1-11-6-8-12(9-7-11)16-14-5-3-2-4-13(14)15(10-18)17(20)19-16/h6-9H,2-5H2,1H3,(H,19,20). The molecule has 0 fully saturated rings. The number of aromatic nitrogens is 1. The summed E-state index contributed by atoms with van der Waals surface area (Å²) >= 11 is 0. The van der Waals surface area contributed by atoms with Gasteiger partial charge in [0.2, 0.25) is 0 Å². The van der Waals surface area contributed by atoms with Crippen LogP contribution in [-0.4, -0.2) is 4.98 Å². The van der Waals surface area contributed by atoms with Crippen LogP contribution in [0.15, 0.2) is 29.1 Å². The zero-order valence-corrected chi connectivity index (χ0v) is 11.5. The third-order valence-corrected chi connectivity index (χ3v) is 3.99. The number of nitrogens with one attached hydrogen (secondary N) is 1. The van der Waals surface area contributed by atoms with Gasteiger partial charge in [0.15, 0.2) is 0 Å². The van der Waals surface area contributed by atoms with Gasteiger partial charge in [0.25, 0.3) is 5.56 Å². The van der Waals surface area contributed by atoms with Crippen molar-refractivity contribution in [2.24, 2.45) is 0 Å². The Morgan fingerprint density at radius 3 is 2.40 bits per heavy atom. The van der Waals surface area contributed by atoms with Gasteiger partial charge in [-0.1, -0.05) is 29.8 Å². The first kappa shape index (κ1) is 12.7. The van der Waals surface area contributed by atoms with Crippen LogP contribution in [0.2, 0.25) is 0 Å². The third-order valence-electron chi connectivity index (χ3n) is 3.99. The summed E-state index contributed by atoms with van der Waals surface area (Å²) < 4.78 is 0. The van der Waals surface area contributed by atoms with Crippen molar-refractivity contribution in [3.05, 3.63) is 56.9 Å². The summed E-state index contributed by atoms with van der Waals surface area (Å²) in [5, 5.41) is 9.20. The summed E-state index contributed by atoms with van der Waals surface area (Å²) in [5.74, 6) is 0. The maximum absolute atomic E-state index is 12.1. The van der Waals surface area contributed by atoms with E-state index in [1.165, 1.54) is 5.56 Å². The average molecular weight is 264 g/mol. The highest BCUT2D eigenvalue weighted by Crippen LogP contribution is 2.30. The first-order chi connectivity index (χ1) is 9.70. The van der Waals surface area contributed by atoms with Gasteiger partial charge in [-0.2, -0.15) is 5.26 Å². The maximum Gasteiger partial charge on any atom is 0.266 e. The van der Waals surface area contributed by atoms with Gasteiger partial charge in [0, 0.05) is 0 Å². The van der Waals surface area contributed by atoms with Gasteiger partial charge in [0.05, 0.1) is 5.69 Å². The van der Waals surface area contributed by atoms with Gasteiger partial charge in [-0.15, -0.1) is 0 Å². The van der Waals surface area contributed by atoms with Gasteiger partial charge in [-0.05, 0) is 49.3 Å². The van der Waals surface area contributed by atoms with Crippen LogP contribution in [0.5, 0.6) is 0 Å². The van der Waals surface area contributed by atoms with Gasteiger partial charge >= 0.3 is 0 Å². The van der Waals surface area contributed by atoms with Crippen LogP contribution >= 0.6 is 0 Å². The lowest BCUT2D eigenvalue weighted by molar-refractivity contribution is 0.680. The Bertz CT molecular complexity index is 748. The molecule has 1 aromatic carbocycles. The predicted molar refractivity (Wildman–Crippen MR) is 78.6 cm³/mol. The second kappa shape index (κ2) is 4.97. The number of aryl methyl sites for hydroxylation is 1. The normalized spacial score (nSPS) is 13.6. The first-order valence-electron chi connectivity index (χ1n) is 6.96. The molecule has 1 heterocycles. The van der Waals surface area contributed by atoms with Gasteiger partial charge in [-0.3, -0.25) is 4.79 Å². The molecule has 3 rings (SSSR count).